The topological polar surface area (TPSA) is 49.3 Å². The van der Waals surface area contributed by atoms with Gasteiger partial charge < -0.3 is 10.4 Å². The third-order valence-corrected chi connectivity index (χ3v) is 4.32. The number of aliphatic hydroxyl groups excluding tert-OH is 1. The highest BCUT2D eigenvalue weighted by Crippen LogP contribution is 2.25. The van der Waals surface area contributed by atoms with E-state index in [2.05, 4.69) is 17.2 Å². The highest BCUT2D eigenvalue weighted by Gasteiger charge is 2.11. The van der Waals surface area contributed by atoms with Gasteiger partial charge in [0.05, 0.1) is 15.6 Å². The van der Waals surface area contributed by atoms with Crippen LogP contribution in [0.15, 0.2) is 30.3 Å². The Morgan fingerprint density at radius 1 is 1.38 bits per heavy atom. The fourth-order valence-electron chi connectivity index (χ4n) is 1.71. The van der Waals surface area contributed by atoms with E-state index in [1.54, 1.807) is 18.2 Å². The monoisotopic (exact) mass is 319 g/mol. The maximum absolute atomic E-state index is 12.2. The van der Waals surface area contributed by atoms with E-state index in [1.807, 2.05) is 19.1 Å². The van der Waals surface area contributed by atoms with Gasteiger partial charge in [-0.2, -0.15) is 0 Å². The molecule has 0 saturated carbocycles. The molecule has 2 N–H and O–H groups in total. The number of benzene rings is 1. The largest absolute Gasteiger partial charge is 0.384 e. The van der Waals surface area contributed by atoms with Crippen LogP contribution < -0.4 is 5.32 Å². The molecule has 0 spiro atoms. The van der Waals surface area contributed by atoms with Crippen LogP contribution >= 0.6 is 22.9 Å². The predicted molar refractivity (Wildman–Crippen MR) is 87.1 cm³/mol. The first-order chi connectivity index (χ1) is 10.1. The number of nitrogens with one attached hydrogen (secondary N) is 1. The molecule has 0 unspecified atom stereocenters. The van der Waals surface area contributed by atoms with E-state index >= 15 is 0 Å². The zero-order valence-corrected chi connectivity index (χ0v) is 13.0. The van der Waals surface area contributed by atoms with Gasteiger partial charge in [0.15, 0.2) is 0 Å². The molecule has 3 nitrogen and oxygen atoms in total. The summed E-state index contributed by atoms with van der Waals surface area (Å²) >= 11 is 7.55. The number of carbonyl (C=O) groups is 1. The highest BCUT2D eigenvalue weighted by atomic mass is 35.5. The lowest BCUT2D eigenvalue weighted by Gasteiger charge is -2.06. The number of halogens is 1. The Morgan fingerprint density at radius 3 is 2.86 bits per heavy atom. The normalized spacial score (nSPS) is 9.86. The van der Waals surface area contributed by atoms with Gasteiger partial charge in [-0.15, -0.1) is 11.3 Å². The van der Waals surface area contributed by atoms with Crippen LogP contribution in [0.3, 0.4) is 0 Å². The average molecular weight is 320 g/mol. The van der Waals surface area contributed by atoms with Crippen LogP contribution in [0.5, 0.6) is 0 Å². The second-order valence-corrected chi connectivity index (χ2v) is 5.80. The maximum atomic E-state index is 12.2. The molecule has 0 radical (unpaired) electrons. The molecule has 1 aromatic carbocycles. The van der Waals surface area contributed by atoms with E-state index in [0.29, 0.717) is 21.2 Å². The smallest absolute Gasteiger partial charge is 0.265 e. The van der Waals surface area contributed by atoms with Crippen LogP contribution in [0.25, 0.3) is 0 Å². The fraction of sp³-hybridized carbons (Fsp3) is 0.188. The van der Waals surface area contributed by atoms with Crippen molar-refractivity contribution in [1.29, 1.82) is 0 Å². The molecule has 0 atom stereocenters. The molecule has 0 aliphatic rings. The van der Waals surface area contributed by atoms with Gasteiger partial charge in [0.25, 0.3) is 5.91 Å². The summed E-state index contributed by atoms with van der Waals surface area (Å²) in [5, 5.41) is 11.9. The molecule has 0 aliphatic heterocycles. The van der Waals surface area contributed by atoms with Crippen LogP contribution in [-0.2, 0) is 6.42 Å². The summed E-state index contributed by atoms with van der Waals surface area (Å²) < 4.78 is 0. The molecular formula is C16H14ClNO2S. The van der Waals surface area contributed by atoms with E-state index in [9.17, 15) is 4.79 Å². The molecule has 108 valence electrons. The molecule has 0 bridgehead atoms. The highest BCUT2D eigenvalue weighted by molar-refractivity contribution is 7.14. The van der Waals surface area contributed by atoms with Gasteiger partial charge in [0.1, 0.15) is 6.61 Å². The number of amides is 1. The van der Waals surface area contributed by atoms with E-state index in [1.165, 1.54) is 11.3 Å². The first-order valence-electron chi connectivity index (χ1n) is 6.43. The minimum absolute atomic E-state index is 0.186. The van der Waals surface area contributed by atoms with E-state index in [4.69, 9.17) is 16.7 Å². The van der Waals surface area contributed by atoms with E-state index < -0.39 is 0 Å². The number of aryl methyl sites for hydroxylation is 1. The summed E-state index contributed by atoms with van der Waals surface area (Å²) in [6.45, 7) is 1.84. The summed E-state index contributed by atoms with van der Waals surface area (Å²) in [6, 6.07) is 8.86. The standard InChI is InChI=1S/C16H14ClNO2S/c1-2-12-6-8-15(21-12)16(20)18-14-10-11(4-3-9-19)5-7-13(14)17/h5-8,10,19H,2,9H2,1H3,(H,18,20). The number of aliphatic hydroxyl groups is 1. The van der Waals surface area contributed by atoms with Crippen molar-refractivity contribution in [2.75, 3.05) is 11.9 Å². The van der Waals surface area contributed by atoms with Crippen LogP contribution in [0.4, 0.5) is 5.69 Å². The van der Waals surface area contributed by atoms with Crippen LogP contribution in [0.2, 0.25) is 5.02 Å². The Morgan fingerprint density at radius 2 is 2.19 bits per heavy atom. The van der Waals surface area contributed by atoms with Gasteiger partial charge >= 0.3 is 0 Å². The SMILES string of the molecule is CCc1ccc(C(=O)Nc2cc(C#CCO)ccc2Cl)s1. The summed E-state index contributed by atoms with van der Waals surface area (Å²) in [5.74, 6) is 5.15. The molecule has 21 heavy (non-hydrogen) atoms. The van der Waals surface area contributed by atoms with Gasteiger partial charge in [0, 0.05) is 10.4 Å². The first kappa shape index (κ1) is 15.6. The zero-order valence-electron chi connectivity index (χ0n) is 11.4. The van der Waals surface area contributed by atoms with Gasteiger partial charge in [-0.05, 0) is 36.8 Å². The molecule has 1 amide bonds. The van der Waals surface area contributed by atoms with Crippen molar-refractivity contribution in [3.05, 3.63) is 50.7 Å². The lowest BCUT2D eigenvalue weighted by molar-refractivity contribution is 0.103. The Kier molecular flexibility index (Phi) is 5.40. The molecule has 1 heterocycles. The number of anilines is 1. The van der Waals surface area contributed by atoms with Crippen molar-refractivity contribution >= 4 is 34.5 Å². The molecule has 5 heteroatoms. The molecule has 0 saturated heterocycles. The van der Waals surface area contributed by atoms with E-state index in [-0.39, 0.29) is 12.5 Å². The van der Waals surface area contributed by atoms with Crippen molar-refractivity contribution in [3.63, 3.8) is 0 Å². The van der Waals surface area contributed by atoms with Crippen LogP contribution in [0.1, 0.15) is 27.0 Å². The molecular weight excluding hydrogens is 306 g/mol. The second kappa shape index (κ2) is 7.28. The summed E-state index contributed by atoms with van der Waals surface area (Å²) in [6.07, 6.45) is 0.908. The van der Waals surface area contributed by atoms with Crippen molar-refractivity contribution in [1.82, 2.24) is 0 Å². The number of hydrogen-bond acceptors (Lipinski definition) is 3. The predicted octanol–water partition coefficient (Wildman–Crippen LogP) is 3.56. The first-order valence-corrected chi connectivity index (χ1v) is 7.62. The van der Waals surface area contributed by atoms with Gasteiger partial charge in [-0.1, -0.05) is 30.4 Å². The molecule has 1 aromatic heterocycles. The Hall–Kier alpha value is -1.80. The summed E-state index contributed by atoms with van der Waals surface area (Å²) in [7, 11) is 0. The van der Waals surface area contributed by atoms with Crippen molar-refractivity contribution in [2.45, 2.75) is 13.3 Å². The third kappa shape index (κ3) is 4.08. The van der Waals surface area contributed by atoms with Gasteiger partial charge in [0.2, 0.25) is 0 Å². The van der Waals surface area contributed by atoms with Crippen molar-refractivity contribution in [2.24, 2.45) is 0 Å². The van der Waals surface area contributed by atoms with Gasteiger partial charge in [-0.25, -0.2) is 0 Å². The molecule has 0 fully saturated rings. The van der Waals surface area contributed by atoms with Gasteiger partial charge in [-0.3, -0.25) is 4.79 Å². The summed E-state index contributed by atoms with van der Waals surface area (Å²) in [5.41, 5.74) is 1.20. The van der Waals surface area contributed by atoms with Crippen LogP contribution in [-0.4, -0.2) is 17.6 Å². The van der Waals surface area contributed by atoms with Crippen LogP contribution in [0, 0.1) is 11.8 Å². The Labute approximate surface area is 132 Å². The third-order valence-electron chi connectivity index (χ3n) is 2.76. The lowest BCUT2D eigenvalue weighted by Crippen LogP contribution is -2.10. The molecule has 2 aromatic rings. The fourth-order valence-corrected chi connectivity index (χ4v) is 2.72. The Balaban J connectivity index is 2.20. The molecule has 0 aliphatic carbocycles. The minimum Gasteiger partial charge on any atom is -0.384 e. The number of thiophene rings is 1. The number of carbonyl (C=O) groups excluding carboxylic acids is 1. The van der Waals surface area contributed by atoms with Crippen molar-refractivity contribution < 1.29 is 9.90 Å². The van der Waals surface area contributed by atoms with Crippen molar-refractivity contribution in [3.8, 4) is 11.8 Å². The quantitative estimate of drug-likeness (QED) is 0.850. The minimum atomic E-state index is -0.209. The number of hydrogen-bond donors (Lipinski definition) is 2. The van der Waals surface area contributed by atoms with E-state index in [0.717, 1.165) is 11.3 Å². The second-order valence-electron chi connectivity index (χ2n) is 4.23. The lowest BCUT2D eigenvalue weighted by atomic mass is 10.2. The summed E-state index contributed by atoms with van der Waals surface area (Å²) in [4.78, 5) is 14.0. The number of rotatable bonds is 3. The Bertz CT molecular complexity index is 713. The zero-order chi connectivity index (χ0) is 15.2. The average Bonchev–Trinajstić information content (AvgIpc) is 2.97. The maximum Gasteiger partial charge on any atom is 0.265 e. The molecule has 2 rings (SSSR count).